The lowest BCUT2D eigenvalue weighted by molar-refractivity contribution is 0.102. The minimum Gasteiger partial charge on any atom is -0.485 e. The van der Waals surface area contributed by atoms with Gasteiger partial charge in [0.1, 0.15) is 18.0 Å². The van der Waals surface area contributed by atoms with Gasteiger partial charge in [-0.15, -0.1) is 0 Å². The number of nitrogens with one attached hydrogen (secondary N) is 1. The molecule has 2 heterocycles. The Morgan fingerprint density at radius 2 is 1.79 bits per heavy atom. The minimum atomic E-state index is -0.223. The predicted octanol–water partition coefficient (Wildman–Crippen LogP) is 3.83. The number of amides is 1. The van der Waals surface area contributed by atoms with Crippen LogP contribution < -0.4 is 15.6 Å². The lowest BCUT2D eigenvalue weighted by atomic mass is 10.2. The van der Waals surface area contributed by atoms with Crippen LogP contribution in [0.2, 0.25) is 0 Å². The van der Waals surface area contributed by atoms with Crippen LogP contribution in [0.25, 0.3) is 5.65 Å². The van der Waals surface area contributed by atoms with Crippen LogP contribution in [0.4, 0.5) is 5.69 Å². The van der Waals surface area contributed by atoms with Gasteiger partial charge in [0.25, 0.3) is 11.5 Å². The molecule has 0 aliphatic rings. The summed E-state index contributed by atoms with van der Waals surface area (Å²) < 4.78 is 7.37. The summed E-state index contributed by atoms with van der Waals surface area (Å²) in [7, 11) is 0. The third-order valence-corrected chi connectivity index (χ3v) is 4.41. The summed E-state index contributed by atoms with van der Waals surface area (Å²) in [6, 6.07) is 21.3. The van der Waals surface area contributed by atoms with Crippen molar-refractivity contribution in [2.75, 3.05) is 5.32 Å². The monoisotopic (exact) mass is 385 g/mol. The highest BCUT2D eigenvalue weighted by atomic mass is 16.5. The molecule has 4 aromatic rings. The van der Waals surface area contributed by atoms with Gasteiger partial charge in [0.2, 0.25) is 0 Å². The summed E-state index contributed by atoms with van der Waals surface area (Å²) in [5, 5.41) is 2.86. The molecule has 1 N–H and O–H groups in total. The Morgan fingerprint density at radius 1 is 1.03 bits per heavy atom. The zero-order valence-corrected chi connectivity index (χ0v) is 15.8. The Bertz CT molecular complexity index is 1230. The lowest BCUT2D eigenvalue weighted by Crippen LogP contribution is -2.17. The van der Waals surface area contributed by atoms with Crippen LogP contribution >= 0.6 is 0 Å². The van der Waals surface area contributed by atoms with Crippen molar-refractivity contribution in [3.05, 3.63) is 106 Å². The summed E-state index contributed by atoms with van der Waals surface area (Å²) >= 11 is 0. The van der Waals surface area contributed by atoms with E-state index in [1.165, 1.54) is 10.5 Å². The highest BCUT2D eigenvalue weighted by molar-refractivity contribution is 6.04. The first-order valence-corrected chi connectivity index (χ1v) is 9.17. The van der Waals surface area contributed by atoms with E-state index in [0.717, 1.165) is 5.56 Å². The maximum Gasteiger partial charge on any atom is 0.258 e. The summed E-state index contributed by atoms with van der Waals surface area (Å²) in [5.41, 5.74) is 3.00. The number of rotatable bonds is 5. The molecule has 0 saturated carbocycles. The molecule has 0 radical (unpaired) electrons. The van der Waals surface area contributed by atoms with E-state index in [0.29, 0.717) is 28.3 Å². The Morgan fingerprint density at radius 3 is 2.62 bits per heavy atom. The average molecular weight is 385 g/mol. The molecule has 0 atom stereocenters. The average Bonchev–Trinajstić information content (AvgIpc) is 2.74. The number of nitrogens with zero attached hydrogens (tertiary/aromatic N) is 2. The van der Waals surface area contributed by atoms with Gasteiger partial charge in [-0.05, 0) is 42.8 Å². The normalized spacial score (nSPS) is 10.7. The fraction of sp³-hybridized carbons (Fsp3) is 0.0870. The molecule has 0 saturated heterocycles. The van der Waals surface area contributed by atoms with E-state index >= 15 is 0 Å². The predicted molar refractivity (Wildman–Crippen MR) is 111 cm³/mol. The molecule has 2 aromatic heterocycles. The Kier molecular flexibility index (Phi) is 5.07. The Labute approximate surface area is 167 Å². The van der Waals surface area contributed by atoms with Crippen molar-refractivity contribution in [1.29, 1.82) is 0 Å². The van der Waals surface area contributed by atoms with Crippen molar-refractivity contribution < 1.29 is 9.53 Å². The van der Waals surface area contributed by atoms with Crippen LogP contribution in [0.3, 0.4) is 0 Å². The molecule has 6 nitrogen and oxygen atoms in total. The van der Waals surface area contributed by atoms with E-state index in [1.807, 2.05) is 43.3 Å². The van der Waals surface area contributed by atoms with Crippen LogP contribution in [-0.2, 0) is 6.61 Å². The molecule has 0 unspecified atom stereocenters. The van der Waals surface area contributed by atoms with E-state index in [9.17, 15) is 9.59 Å². The highest BCUT2D eigenvalue weighted by Crippen LogP contribution is 2.25. The number of ether oxygens (including phenoxy) is 1. The number of para-hydroxylation sites is 2. The van der Waals surface area contributed by atoms with Gasteiger partial charge >= 0.3 is 0 Å². The molecule has 144 valence electrons. The molecule has 0 aliphatic carbocycles. The molecule has 4 rings (SSSR count). The Hall–Kier alpha value is -3.93. The van der Waals surface area contributed by atoms with Gasteiger partial charge in [0.05, 0.1) is 11.4 Å². The molecule has 0 spiro atoms. The molecule has 0 bridgehead atoms. The third-order valence-electron chi connectivity index (χ3n) is 4.41. The van der Waals surface area contributed by atoms with Gasteiger partial charge in [-0.2, -0.15) is 0 Å². The third kappa shape index (κ3) is 4.16. The summed E-state index contributed by atoms with van der Waals surface area (Å²) in [6.45, 7) is 2.03. The van der Waals surface area contributed by atoms with Crippen molar-refractivity contribution in [3.8, 4) is 5.75 Å². The second-order valence-corrected chi connectivity index (χ2v) is 6.63. The SMILES string of the molecule is Cc1ccc2nc(COc3ccccc3NC(=O)c3ccccc3)cc(=O)n2c1. The first kappa shape index (κ1) is 18.4. The molecule has 29 heavy (non-hydrogen) atoms. The van der Waals surface area contributed by atoms with E-state index < -0.39 is 0 Å². The van der Waals surface area contributed by atoms with Crippen LogP contribution in [-0.4, -0.2) is 15.3 Å². The number of carbonyl (C=O) groups is 1. The van der Waals surface area contributed by atoms with Crippen molar-refractivity contribution in [3.63, 3.8) is 0 Å². The van der Waals surface area contributed by atoms with Gasteiger partial charge in [0, 0.05) is 17.8 Å². The molecule has 6 heteroatoms. The van der Waals surface area contributed by atoms with Crippen LogP contribution in [0.5, 0.6) is 5.75 Å². The van der Waals surface area contributed by atoms with E-state index in [4.69, 9.17) is 4.74 Å². The van der Waals surface area contributed by atoms with Crippen molar-refractivity contribution in [1.82, 2.24) is 9.38 Å². The topological polar surface area (TPSA) is 72.7 Å². The minimum absolute atomic E-state index is 0.109. The smallest absolute Gasteiger partial charge is 0.258 e. The number of anilines is 1. The summed E-state index contributed by atoms with van der Waals surface area (Å²) in [6.07, 6.45) is 1.75. The first-order chi connectivity index (χ1) is 14.1. The lowest BCUT2D eigenvalue weighted by Gasteiger charge is -2.12. The van der Waals surface area contributed by atoms with E-state index in [1.54, 1.807) is 36.5 Å². The quantitative estimate of drug-likeness (QED) is 0.567. The van der Waals surface area contributed by atoms with E-state index in [2.05, 4.69) is 10.3 Å². The molecule has 2 aromatic carbocycles. The van der Waals surface area contributed by atoms with Crippen molar-refractivity contribution in [2.24, 2.45) is 0 Å². The van der Waals surface area contributed by atoms with Crippen molar-refractivity contribution >= 4 is 17.2 Å². The Balaban J connectivity index is 1.53. The molecule has 1 amide bonds. The van der Waals surface area contributed by atoms with Gasteiger partial charge < -0.3 is 10.1 Å². The van der Waals surface area contributed by atoms with Gasteiger partial charge in [0.15, 0.2) is 0 Å². The fourth-order valence-electron chi connectivity index (χ4n) is 2.96. The van der Waals surface area contributed by atoms with Crippen LogP contribution in [0.15, 0.2) is 83.8 Å². The first-order valence-electron chi connectivity index (χ1n) is 9.17. The number of fused-ring (bicyclic) bond motifs is 1. The number of hydrogen-bond donors (Lipinski definition) is 1. The largest absolute Gasteiger partial charge is 0.485 e. The number of aryl methyl sites for hydroxylation is 1. The highest BCUT2D eigenvalue weighted by Gasteiger charge is 2.10. The number of carbonyl (C=O) groups excluding carboxylic acids is 1. The zero-order chi connectivity index (χ0) is 20.2. The van der Waals surface area contributed by atoms with E-state index in [-0.39, 0.29) is 18.1 Å². The standard InChI is InChI=1S/C23H19N3O3/c1-16-11-12-21-24-18(13-22(27)26(21)14-16)15-29-20-10-6-5-9-19(20)25-23(28)17-7-3-2-4-8-17/h2-14H,15H2,1H3,(H,25,28). The molecular formula is C23H19N3O3. The van der Waals surface area contributed by atoms with Gasteiger partial charge in [-0.1, -0.05) is 36.4 Å². The maximum absolute atomic E-state index is 12.4. The second kappa shape index (κ2) is 7.98. The number of pyridine rings is 1. The van der Waals surface area contributed by atoms with Crippen LogP contribution in [0.1, 0.15) is 21.6 Å². The number of hydrogen-bond acceptors (Lipinski definition) is 4. The zero-order valence-electron chi connectivity index (χ0n) is 15.8. The summed E-state index contributed by atoms with van der Waals surface area (Å²) in [5.74, 6) is 0.279. The number of benzene rings is 2. The fourth-order valence-corrected chi connectivity index (χ4v) is 2.96. The molecular weight excluding hydrogens is 366 g/mol. The van der Waals surface area contributed by atoms with Gasteiger partial charge in [-0.25, -0.2) is 4.98 Å². The second-order valence-electron chi connectivity index (χ2n) is 6.63. The molecule has 0 fully saturated rings. The van der Waals surface area contributed by atoms with Crippen LogP contribution in [0, 0.1) is 6.92 Å². The van der Waals surface area contributed by atoms with Crippen molar-refractivity contribution in [2.45, 2.75) is 13.5 Å². The molecule has 0 aliphatic heterocycles. The summed E-state index contributed by atoms with van der Waals surface area (Å²) in [4.78, 5) is 29.3. The maximum atomic E-state index is 12.4. The van der Waals surface area contributed by atoms with Gasteiger partial charge in [-0.3, -0.25) is 14.0 Å². The number of aromatic nitrogens is 2.